The summed E-state index contributed by atoms with van der Waals surface area (Å²) in [6.45, 7) is 0.416. The molecule has 1 aliphatic rings. The summed E-state index contributed by atoms with van der Waals surface area (Å²) < 4.78 is 1.63. The van der Waals surface area contributed by atoms with E-state index in [2.05, 4.69) is 4.89 Å². The molecule has 0 saturated carbocycles. The molecular weight excluding hydrogens is 172 g/mol. The average molecular weight is 180 g/mol. The Kier molecular flexibility index (Phi) is 1.79. The van der Waals surface area contributed by atoms with Crippen LogP contribution in [0.25, 0.3) is 5.88 Å². The smallest absolute Gasteiger partial charge is 0.250 e. The number of amides is 1. The fraction of sp³-hybridized carbons (Fsp3) is 0.125. The first-order chi connectivity index (χ1) is 6.27. The fourth-order valence-corrected chi connectivity index (χ4v) is 1.06. The van der Waals surface area contributed by atoms with Crippen LogP contribution >= 0.6 is 0 Å². The summed E-state index contributed by atoms with van der Waals surface area (Å²) in [5, 5.41) is 0. The first-order valence-corrected chi connectivity index (χ1v) is 3.75. The number of rotatable bonds is 2. The molecule has 1 aliphatic heterocycles. The summed E-state index contributed by atoms with van der Waals surface area (Å²) in [4.78, 5) is 20.2. The largest absolute Gasteiger partial charge is 0.366 e. The number of hydrogen-bond donors (Lipinski definition) is 1. The number of nitrogens with zero attached hydrogens (tertiary/aromatic N) is 1. The first-order valence-electron chi connectivity index (χ1n) is 3.75. The van der Waals surface area contributed by atoms with Crippen LogP contribution in [-0.4, -0.2) is 17.1 Å². The zero-order chi connectivity index (χ0) is 9.26. The number of hydrogen-bond acceptors (Lipinski definition) is 3. The van der Waals surface area contributed by atoms with Crippen LogP contribution in [-0.2, 0) is 9.78 Å². The van der Waals surface area contributed by atoms with Crippen LogP contribution in [0.4, 0.5) is 0 Å². The number of nitrogens with two attached hydrogens (primary N) is 1. The molecule has 68 valence electrons. The highest BCUT2D eigenvalue weighted by molar-refractivity contribution is 5.92. The van der Waals surface area contributed by atoms with Crippen LogP contribution in [0.5, 0.6) is 0 Å². The maximum Gasteiger partial charge on any atom is 0.250 e. The third-order valence-corrected chi connectivity index (χ3v) is 1.70. The van der Waals surface area contributed by atoms with Gasteiger partial charge in [0.2, 0.25) is 11.8 Å². The molecule has 0 bridgehead atoms. The first kappa shape index (κ1) is 7.88. The minimum absolute atomic E-state index is 0.416. The highest BCUT2D eigenvalue weighted by atomic mass is 17.2. The molecule has 2 rings (SSSR count). The number of carbonyl (C=O) groups excluding carboxylic acids is 1. The van der Waals surface area contributed by atoms with Gasteiger partial charge in [0.15, 0.2) is 0 Å². The molecule has 2 heterocycles. The lowest BCUT2D eigenvalue weighted by atomic mass is 10.3. The Balaban J connectivity index is 2.27. The fourth-order valence-electron chi connectivity index (χ4n) is 1.06. The predicted molar refractivity (Wildman–Crippen MR) is 44.3 cm³/mol. The van der Waals surface area contributed by atoms with Gasteiger partial charge < -0.3 is 10.6 Å². The summed E-state index contributed by atoms with van der Waals surface area (Å²) in [6, 6.07) is 1.62. The van der Waals surface area contributed by atoms with E-state index in [0.29, 0.717) is 18.1 Å². The van der Waals surface area contributed by atoms with Crippen molar-refractivity contribution in [2.45, 2.75) is 0 Å². The number of primary amides is 1. The quantitative estimate of drug-likeness (QED) is 0.667. The molecule has 0 atom stereocenters. The van der Waals surface area contributed by atoms with E-state index in [1.54, 1.807) is 29.1 Å². The van der Waals surface area contributed by atoms with Gasteiger partial charge in [-0.3, -0.25) is 9.36 Å². The summed E-state index contributed by atoms with van der Waals surface area (Å²) in [7, 11) is 0. The van der Waals surface area contributed by atoms with Crippen molar-refractivity contribution < 1.29 is 14.6 Å². The summed E-state index contributed by atoms with van der Waals surface area (Å²) in [6.07, 6.45) is 5.02. The molecule has 1 aromatic rings. The zero-order valence-electron chi connectivity index (χ0n) is 6.77. The summed E-state index contributed by atoms with van der Waals surface area (Å²) in [5.41, 5.74) is 5.52. The van der Waals surface area contributed by atoms with Gasteiger partial charge in [0.25, 0.3) is 0 Å². The Morgan fingerprint density at radius 2 is 2.46 bits per heavy atom. The zero-order valence-corrected chi connectivity index (χ0v) is 6.77. The summed E-state index contributed by atoms with van der Waals surface area (Å²) in [5.74, 6) is 0.0887. The van der Waals surface area contributed by atoms with Gasteiger partial charge in [0.05, 0.1) is 5.56 Å². The van der Waals surface area contributed by atoms with E-state index in [9.17, 15) is 4.79 Å². The van der Waals surface area contributed by atoms with E-state index in [4.69, 9.17) is 10.6 Å². The highest BCUT2D eigenvalue weighted by Crippen LogP contribution is 2.14. The third-order valence-electron chi connectivity index (χ3n) is 1.70. The van der Waals surface area contributed by atoms with Gasteiger partial charge in [-0.25, -0.2) is 0 Å². The molecule has 1 amide bonds. The van der Waals surface area contributed by atoms with Crippen molar-refractivity contribution in [2.24, 2.45) is 5.73 Å². The molecular formula is C8H8N2O3. The SMILES string of the molecule is NC(=O)c1ccn(C2=CCOO2)c1. The monoisotopic (exact) mass is 180 g/mol. The Morgan fingerprint density at radius 3 is 3.00 bits per heavy atom. The van der Waals surface area contributed by atoms with Crippen LogP contribution in [0.1, 0.15) is 10.4 Å². The second-order valence-electron chi connectivity index (χ2n) is 2.58. The molecule has 0 aliphatic carbocycles. The van der Waals surface area contributed by atoms with Crippen molar-refractivity contribution in [3.8, 4) is 0 Å². The lowest BCUT2D eigenvalue weighted by Gasteiger charge is -2.00. The lowest BCUT2D eigenvalue weighted by molar-refractivity contribution is -0.213. The van der Waals surface area contributed by atoms with Crippen molar-refractivity contribution in [1.82, 2.24) is 4.57 Å². The maximum atomic E-state index is 10.7. The van der Waals surface area contributed by atoms with Crippen molar-refractivity contribution >= 4 is 11.8 Å². The maximum absolute atomic E-state index is 10.7. The van der Waals surface area contributed by atoms with E-state index in [0.717, 1.165) is 0 Å². The molecule has 2 N–H and O–H groups in total. The van der Waals surface area contributed by atoms with Gasteiger partial charge in [0, 0.05) is 18.5 Å². The van der Waals surface area contributed by atoms with Gasteiger partial charge in [0.1, 0.15) is 6.61 Å². The van der Waals surface area contributed by atoms with Gasteiger partial charge in [-0.2, -0.15) is 4.89 Å². The van der Waals surface area contributed by atoms with E-state index in [1.807, 2.05) is 0 Å². The van der Waals surface area contributed by atoms with Crippen molar-refractivity contribution in [3.05, 3.63) is 30.1 Å². The molecule has 13 heavy (non-hydrogen) atoms. The van der Waals surface area contributed by atoms with E-state index >= 15 is 0 Å². The van der Waals surface area contributed by atoms with E-state index < -0.39 is 5.91 Å². The summed E-state index contributed by atoms with van der Waals surface area (Å²) >= 11 is 0. The molecule has 0 aromatic carbocycles. The van der Waals surface area contributed by atoms with Gasteiger partial charge >= 0.3 is 0 Å². The normalized spacial score (nSPS) is 15.2. The van der Waals surface area contributed by atoms with Crippen molar-refractivity contribution in [1.29, 1.82) is 0 Å². The Labute approximate surface area is 74.3 Å². The van der Waals surface area contributed by atoms with Crippen molar-refractivity contribution in [3.63, 3.8) is 0 Å². The topological polar surface area (TPSA) is 66.5 Å². The van der Waals surface area contributed by atoms with E-state index in [1.165, 1.54) is 0 Å². The predicted octanol–water partition coefficient (Wildman–Crippen LogP) is 0.347. The second kappa shape index (κ2) is 2.95. The molecule has 1 aromatic heterocycles. The molecule has 0 fully saturated rings. The average Bonchev–Trinajstić information content (AvgIpc) is 2.75. The minimum atomic E-state index is -0.460. The molecule has 0 radical (unpaired) electrons. The minimum Gasteiger partial charge on any atom is -0.366 e. The molecule has 5 heteroatoms. The van der Waals surface area contributed by atoms with Crippen molar-refractivity contribution in [2.75, 3.05) is 6.61 Å². The van der Waals surface area contributed by atoms with Crippen LogP contribution in [0.3, 0.4) is 0 Å². The molecule has 0 unspecified atom stereocenters. The molecule has 0 saturated heterocycles. The molecule has 0 spiro atoms. The lowest BCUT2D eigenvalue weighted by Crippen LogP contribution is -2.09. The van der Waals surface area contributed by atoms with Crippen LogP contribution in [0, 0.1) is 0 Å². The highest BCUT2D eigenvalue weighted by Gasteiger charge is 2.10. The standard InChI is InChI=1S/C8H8N2O3/c9-8(11)6-1-3-10(5-6)7-2-4-12-13-7/h1-3,5H,4H2,(H2,9,11). The molecule has 5 nitrogen and oxygen atoms in total. The third kappa shape index (κ3) is 1.41. The van der Waals surface area contributed by atoms with Gasteiger partial charge in [-0.1, -0.05) is 0 Å². The van der Waals surface area contributed by atoms with Crippen LogP contribution in [0.15, 0.2) is 24.5 Å². The van der Waals surface area contributed by atoms with Gasteiger partial charge in [-0.15, -0.1) is 0 Å². The van der Waals surface area contributed by atoms with Gasteiger partial charge in [-0.05, 0) is 6.07 Å². The van der Waals surface area contributed by atoms with E-state index in [-0.39, 0.29) is 0 Å². The Hall–Kier alpha value is -1.75. The Morgan fingerprint density at radius 1 is 1.62 bits per heavy atom. The Bertz CT molecular complexity index is 367. The van der Waals surface area contributed by atoms with Crippen LogP contribution in [0.2, 0.25) is 0 Å². The van der Waals surface area contributed by atoms with Crippen LogP contribution < -0.4 is 5.73 Å². The number of carbonyl (C=O) groups is 1. The number of aromatic nitrogens is 1. The second-order valence-corrected chi connectivity index (χ2v) is 2.58.